The van der Waals surface area contributed by atoms with Gasteiger partial charge in [0.25, 0.3) is 0 Å². The lowest BCUT2D eigenvalue weighted by Crippen LogP contribution is -2.01. The summed E-state index contributed by atoms with van der Waals surface area (Å²) in [4.78, 5) is 0.0903. The number of hydrogen-bond acceptors (Lipinski definition) is 3. The number of aryl methyl sites for hydroxylation is 2. The molecule has 0 aliphatic rings. The van der Waals surface area contributed by atoms with E-state index in [1.807, 2.05) is 64.7 Å². The van der Waals surface area contributed by atoms with Crippen LogP contribution in [0.5, 0.6) is 0 Å². The Kier molecular flexibility index (Phi) is 11.2. The molecular formula is C41H39NO2S2. The van der Waals surface area contributed by atoms with E-state index < -0.39 is 9.84 Å². The van der Waals surface area contributed by atoms with Gasteiger partial charge in [-0.05, 0) is 77.6 Å². The fraction of sp³-hybridized carbons (Fsp3) is 0.195. The number of pyridine rings is 1. The lowest BCUT2D eigenvalue weighted by atomic mass is 9.94. The van der Waals surface area contributed by atoms with Gasteiger partial charge < -0.3 is 4.57 Å². The minimum atomic E-state index is -3.91. The van der Waals surface area contributed by atoms with E-state index in [-0.39, 0.29) is 4.90 Å². The largest absolute Gasteiger partial charge is 0.330 e. The van der Waals surface area contributed by atoms with Crippen LogP contribution in [0.2, 0.25) is 0 Å². The Morgan fingerprint density at radius 2 is 1.30 bits per heavy atom. The molecule has 0 fully saturated rings. The van der Waals surface area contributed by atoms with Gasteiger partial charge in [-0.1, -0.05) is 129 Å². The third-order valence-corrected chi connectivity index (χ3v) is 9.92. The molecule has 5 aromatic rings. The predicted molar refractivity (Wildman–Crippen MR) is 195 cm³/mol. The van der Waals surface area contributed by atoms with E-state index in [2.05, 4.69) is 55.1 Å². The van der Waals surface area contributed by atoms with Crippen LogP contribution >= 0.6 is 12.2 Å². The summed E-state index contributed by atoms with van der Waals surface area (Å²) >= 11 is 6.15. The fourth-order valence-corrected chi connectivity index (χ4v) is 6.95. The second-order valence-corrected chi connectivity index (χ2v) is 13.7. The fourth-order valence-electron chi connectivity index (χ4n) is 5.89. The molecule has 1 heterocycles. The minimum absolute atomic E-state index is 0.0903. The van der Waals surface area contributed by atoms with Crippen molar-refractivity contribution < 1.29 is 8.42 Å². The van der Waals surface area contributed by atoms with Gasteiger partial charge in [-0.25, -0.2) is 8.42 Å². The summed E-state index contributed by atoms with van der Waals surface area (Å²) in [5.41, 5.74) is 8.04. The molecule has 5 heteroatoms. The number of nitrogens with zero attached hydrogens (tertiary/aromatic N) is 1. The summed E-state index contributed by atoms with van der Waals surface area (Å²) in [5.74, 6) is 0. The maximum Gasteiger partial charge on any atom is 0.245 e. The smallest absolute Gasteiger partial charge is 0.245 e. The zero-order chi connectivity index (χ0) is 32.4. The first-order valence-electron chi connectivity index (χ1n) is 15.8. The third kappa shape index (κ3) is 8.40. The average Bonchev–Trinajstić information content (AvgIpc) is 3.09. The van der Waals surface area contributed by atoms with Crippen molar-refractivity contribution in [2.24, 2.45) is 0 Å². The van der Waals surface area contributed by atoms with E-state index in [1.54, 1.807) is 18.3 Å². The van der Waals surface area contributed by atoms with Crippen LogP contribution < -0.4 is 0 Å². The normalized spacial score (nSPS) is 11.2. The quantitative estimate of drug-likeness (QED) is 0.0524. The number of unbranched alkanes of at least 4 members (excludes halogenated alkanes) is 4. The molecular weight excluding hydrogens is 603 g/mol. The van der Waals surface area contributed by atoms with Gasteiger partial charge in [0, 0.05) is 35.0 Å². The monoisotopic (exact) mass is 641 g/mol. The molecule has 5 rings (SSSR count). The van der Waals surface area contributed by atoms with Crippen molar-refractivity contribution >= 4 is 28.3 Å². The molecule has 1 aromatic heterocycles. The first kappa shape index (κ1) is 32.9. The maximum atomic E-state index is 12.9. The van der Waals surface area contributed by atoms with Crippen molar-refractivity contribution in [1.82, 2.24) is 4.57 Å². The Hall–Kier alpha value is -4.50. The maximum absolute atomic E-state index is 12.9. The van der Waals surface area contributed by atoms with Crippen LogP contribution in [0.15, 0.2) is 127 Å². The first-order valence-corrected chi connectivity index (χ1v) is 17.7. The van der Waals surface area contributed by atoms with Crippen LogP contribution in [-0.2, 0) is 29.1 Å². The molecule has 0 N–H and O–H groups in total. The van der Waals surface area contributed by atoms with Crippen LogP contribution in [0.4, 0.5) is 0 Å². The average molecular weight is 642 g/mol. The van der Waals surface area contributed by atoms with Gasteiger partial charge in [0.05, 0.1) is 9.41 Å². The molecule has 0 amide bonds. The van der Waals surface area contributed by atoms with E-state index in [0.29, 0.717) is 16.5 Å². The lowest BCUT2D eigenvalue weighted by molar-refractivity contribution is 0.606. The number of sulfone groups is 1. The highest BCUT2D eigenvalue weighted by molar-refractivity contribution is 7.96. The molecule has 0 bridgehead atoms. The van der Waals surface area contributed by atoms with E-state index in [0.717, 1.165) is 47.1 Å². The zero-order valence-corrected chi connectivity index (χ0v) is 27.7. The Bertz CT molecular complexity index is 2000. The Balaban J connectivity index is 1.42. The molecule has 3 nitrogen and oxygen atoms in total. The third-order valence-electron chi connectivity index (χ3n) is 8.31. The Labute approximate surface area is 279 Å². The van der Waals surface area contributed by atoms with Crippen molar-refractivity contribution in [2.75, 3.05) is 0 Å². The van der Waals surface area contributed by atoms with Crippen molar-refractivity contribution in [3.63, 3.8) is 0 Å². The van der Waals surface area contributed by atoms with Crippen molar-refractivity contribution in [2.45, 2.75) is 56.3 Å². The van der Waals surface area contributed by atoms with Gasteiger partial charge in [0.2, 0.25) is 9.84 Å². The van der Waals surface area contributed by atoms with E-state index in [1.165, 1.54) is 36.8 Å². The molecule has 0 aliphatic carbocycles. The van der Waals surface area contributed by atoms with Crippen LogP contribution in [-0.4, -0.2) is 13.0 Å². The predicted octanol–water partition coefficient (Wildman–Crippen LogP) is 10.3. The molecule has 232 valence electrons. The second-order valence-electron chi connectivity index (χ2n) is 11.6. The molecule has 0 atom stereocenters. The Morgan fingerprint density at radius 1 is 0.696 bits per heavy atom. The molecule has 4 aromatic carbocycles. The summed E-state index contributed by atoms with van der Waals surface area (Å²) in [6.07, 6.45) is 19.7. The molecule has 0 spiro atoms. The number of terminal acetylenes is 1. The summed E-state index contributed by atoms with van der Waals surface area (Å²) in [6.45, 7) is 4.01. The molecule has 0 aliphatic heterocycles. The van der Waals surface area contributed by atoms with Crippen LogP contribution in [0.1, 0.15) is 54.4 Å². The highest BCUT2D eigenvalue weighted by Gasteiger charge is 2.17. The van der Waals surface area contributed by atoms with E-state index >= 15 is 0 Å². The molecule has 0 unspecified atom stereocenters. The zero-order valence-electron chi connectivity index (χ0n) is 26.1. The molecule has 0 saturated carbocycles. The van der Waals surface area contributed by atoms with Crippen LogP contribution in [0.3, 0.4) is 0 Å². The second kappa shape index (κ2) is 15.7. The minimum Gasteiger partial charge on any atom is -0.330 e. The lowest BCUT2D eigenvalue weighted by Gasteiger charge is -2.16. The van der Waals surface area contributed by atoms with Crippen LogP contribution in [0.25, 0.3) is 28.5 Å². The SMILES string of the molecule is C#CS(=O)(=O)c1cc(Cc2ccccc2)cc(-c2cn(C=C)cc(-c3ccccc3CCCCCCCc3ccccc3)c2=S)c1. The number of hydrogen-bond donors (Lipinski definition) is 0. The van der Waals surface area contributed by atoms with Gasteiger partial charge in [-0.3, -0.25) is 0 Å². The van der Waals surface area contributed by atoms with E-state index in [9.17, 15) is 8.42 Å². The Morgan fingerprint density at radius 3 is 2.00 bits per heavy atom. The molecule has 46 heavy (non-hydrogen) atoms. The highest BCUT2D eigenvalue weighted by Crippen LogP contribution is 2.34. The first-order chi connectivity index (χ1) is 22.4. The standard InChI is InChI=1S/C41H39NO2S2/c1-3-42-30-39(36-27-34(26-33-21-13-9-14-22-33)28-37(29-36)46(43,44)4-2)41(45)40(31-42)38-25-17-16-24-35(38)23-15-7-5-6-10-18-32-19-11-8-12-20-32/h2-3,8-9,11-14,16-17,19-22,24-25,27-31H,1,5-7,10,15,18,23,26H2. The summed E-state index contributed by atoms with van der Waals surface area (Å²) < 4.78 is 28.3. The summed E-state index contributed by atoms with van der Waals surface area (Å²) in [7, 11) is -3.91. The highest BCUT2D eigenvalue weighted by atomic mass is 32.2. The van der Waals surface area contributed by atoms with Gasteiger partial charge in [0.15, 0.2) is 0 Å². The number of benzene rings is 4. The topological polar surface area (TPSA) is 39.1 Å². The van der Waals surface area contributed by atoms with Crippen molar-refractivity contribution in [3.8, 4) is 33.9 Å². The van der Waals surface area contributed by atoms with E-state index in [4.69, 9.17) is 18.6 Å². The summed E-state index contributed by atoms with van der Waals surface area (Å²) in [6, 6.07) is 34.4. The van der Waals surface area contributed by atoms with Gasteiger partial charge in [-0.2, -0.15) is 0 Å². The van der Waals surface area contributed by atoms with Crippen molar-refractivity contribution in [3.05, 3.63) is 149 Å². The van der Waals surface area contributed by atoms with Crippen molar-refractivity contribution in [1.29, 1.82) is 0 Å². The molecule has 0 saturated heterocycles. The molecule has 0 radical (unpaired) electrons. The van der Waals surface area contributed by atoms with Gasteiger partial charge in [0.1, 0.15) is 0 Å². The van der Waals surface area contributed by atoms with Gasteiger partial charge >= 0.3 is 0 Å². The summed E-state index contributed by atoms with van der Waals surface area (Å²) in [5, 5.41) is 1.98. The van der Waals surface area contributed by atoms with Gasteiger partial charge in [-0.15, -0.1) is 6.42 Å². The number of aromatic nitrogens is 1. The number of rotatable bonds is 14. The van der Waals surface area contributed by atoms with Crippen LogP contribution in [0, 0.1) is 16.2 Å².